The van der Waals surface area contributed by atoms with E-state index in [1.807, 2.05) is 31.7 Å². The molecule has 2 aliphatic heterocycles. The Kier molecular flexibility index (Phi) is 5.32. The molecule has 1 aromatic carbocycles. The third-order valence-corrected chi connectivity index (χ3v) is 5.07. The SMILES string of the molecule is CC(C)(C)OC(=O)N1C2CCC1CC(NCCc1cccc(F)c1)C2. The number of fused-ring (bicyclic) bond motifs is 2. The Hall–Kier alpha value is -1.62. The summed E-state index contributed by atoms with van der Waals surface area (Å²) in [7, 11) is 0. The summed E-state index contributed by atoms with van der Waals surface area (Å²) in [5, 5.41) is 3.60. The third-order valence-electron chi connectivity index (χ3n) is 5.07. The lowest BCUT2D eigenvalue weighted by Gasteiger charge is -2.39. The Balaban J connectivity index is 1.49. The molecule has 2 unspecified atom stereocenters. The van der Waals surface area contributed by atoms with Gasteiger partial charge in [0.25, 0.3) is 0 Å². The van der Waals surface area contributed by atoms with Crippen LogP contribution in [0.2, 0.25) is 0 Å². The van der Waals surface area contributed by atoms with Gasteiger partial charge in [-0.1, -0.05) is 12.1 Å². The van der Waals surface area contributed by atoms with Gasteiger partial charge in [-0.25, -0.2) is 9.18 Å². The molecule has 2 fully saturated rings. The van der Waals surface area contributed by atoms with Gasteiger partial charge in [0.1, 0.15) is 11.4 Å². The van der Waals surface area contributed by atoms with E-state index in [0.717, 1.165) is 44.2 Å². The number of piperidine rings is 1. The molecule has 0 saturated carbocycles. The van der Waals surface area contributed by atoms with Gasteiger partial charge < -0.3 is 15.0 Å². The van der Waals surface area contributed by atoms with Crippen LogP contribution in [0.3, 0.4) is 0 Å². The van der Waals surface area contributed by atoms with Gasteiger partial charge in [-0.15, -0.1) is 0 Å². The summed E-state index contributed by atoms with van der Waals surface area (Å²) in [5.74, 6) is -0.179. The number of amides is 1. The lowest BCUT2D eigenvalue weighted by atomic mass is 9.97. The van der Waals surface area contributed by atoms with Crippen molar-refractivity contribution in [2.75, 3.05) is 6.54 Å². The van der Waals surface area contributed by atoms with Gasteiger partial charge >= 0.3 is 6.09 Å². The third kappa shape index (κ3) is 4.72. The predicted molar refractivity (Wildman–Crippen MR) is 96.0 cm³/mol. The van der Waals surface area contributed by atoms with Crippen molar-refractivity contribution in [3.8, 4) is 0 Å². The number of carbonyl (C=O) groups excluding carboxylic acids is 1. The van der Waals surface area contributed by atoms with Gasteiger partial charge in [-0.05, 0) is 77.1 Å². The fraction of sp³-hybridized carbons (Fsp3) is 0.650. The van der Waals surface area contributed by atoms with Crippen LogP contribution in [-0.2, 0) is 11.2 Å². The predicted octanol–water partition coefficient (Wildman–Crippen LogP) is 3.89. The molecular formula is C20H29FN2O2. The number of ether oxygens (including phenoxy) is 1. The summed E-state index contributed by atoms with van der Waals surface area (Å²) in [6, 6.07) is 7.76. The quantitative estimate of drug-likeness (QED) is 0.897. The second kappa shape index (κ2) is 7.32. The molecule has 5 heteroatoms. The van der Waals surface area contributed by atoms with E-state index in [-0.39, 0.29) is 24.0 Å². The van der Waals surface area contributed by atoms with Crippen molar-refractivity contribution in [1.82, 2.24) is 10.2 Å². The smallest absolute Gasteiger partial charge is 0.410 e. The van der Waals surface area contributed by atoms with Crippen LogP contribution >= 0.6 is 0 Å². The molecule has 1 aromatic rings. The summed E-state index contributed by atoms with van der Waals surface area (Å²) in [6.45, 7) is 6.56. The van der Waals surface area contributed by atoms with Crippen molar-refractivity contribution in [1.29, 1.82) is 0 Å². The summed E-state index contributed by atoms with van der Waals surface area (Å²) in [6.07, 6.45) is 4.72. The zero-order chi connectivity index (χ0) is 18.0. The summed E-state index contributed by atoms with van der Waals surface area (Å²) in [5.41, 5.74) is 0.568. The van der Waals surface area contributed by atoms with Gasteiger partial charge in [-0.3, -0.25) is 0 Å². The first-order valence-electron chi connectivity index (χ1n) is 9.31. The topological polar surface area (TPSA) is 41.6 Å². The summed E-state index contributed by atoms with van der Waals surface area (Å²) in [4.78, 5) is 14.4. The van der Waals surface area contributed by atoms with Crippen molar-refractivity contribution in [2.45, 2.75) is 76.6 Å². The van der Waals surface area contributed by atoms with Gasteiger partial charge in [0.15, 0.2) is 0 Å². The number of hydrogen-bond acceptors (Lipinski definition) is 3. The average Bonchev–Trinajstić information content (AvgIpc) is 2.77. The molecule has 138 valence electrons. The largest absolute Gasteiger partial charge is 0.444 e. The first-order valence-corrected chi connectivity index (χ1v) is 9.31. The van der Waals surface area contributed by atoms with E-state index in [9.17, 15) is 9.18 Å². The van der Waals surface area contributed by atoms with E-state index >= 15 is 0 Å². The lowest BCUT2D eigenvalue weighted by molar-refractivity contribution is 0.00477. The van der Waals surface area contributed by atoms with Crippen LogP contribution in [0.1, 0.15) is 52.0 Å². The molecule has 1 amide bonds. The van der Waals surface area contributed by atoms with E-state index in [0.29, 0.717) is 6.04 Å². The Labute approximate surface area is 149 Å². The highest BCUT2D eigenvalue weighted by Gasteiger charge is 2.44. The molecule has 0 radical (unpaired) electrons. The zero-order valence-corrected chi connectivity index (χ0v) is 15.4. The van der Waals surface area contributed by atoms with E-state index in [2.05, 4.69) is 5.32 Å². The maximum absolute atomic E-state index is 13.2. The second-order valence-corrected chi connectivity index (χ2v) is 8.27. The van der Waals surface area contributed by atoms with Gasteiger partial charge in [0.2, 0.25) is 0 Å². The lowest BCUT2D eigenvalue weighted by Crippen LogP contribution is -2.52. The number of benzene rings is 1. The molecule has 2 bridgehead atoms. The minimum atomic E-state index is -0.448. The van der Waals surface area contributed by atoms with E-state index < -0.39 is 5.60 Å². The molecule has 2 atom stereocenters. The summed E-state index contributed by atoms with van der Waals surface area (Å²) >= 11 is 0. The molecule has 2 aliphatic rings. The molecule has 0 spiro atoms. The van der Waals surface area contributed by atoms with Crippen molar-refractivity contribution in [2.24, 2.45) is 0 Å². The normalized spacial score (nSPS) is 25.9. The van der Waals surface area contributed by atoms with Gasteiger partial charge in [0, 0.05) is 18.1 Å². The Morgan fingerprint density at radius 3 is 2.56 bits per heavy atom. The van der Waals surface area contributed by atoms with Crippen LogP contribution in [0.15, 0.2) is 24.3 Å². The van der Waals surface area contributed by atoms with E-state index in [1.54, 1.807) is 12.1 Å². The molecule has 4 nitrogen and oxygen atoms in total. The fourth-order valence-electron chi connectivity index (χ4n) is 4.07. The van der Waals surface area contributed by atoms with Crippen LogP contribution in [-0.4, -0.2) is 41.3 Å². The van der Waals surface area contributed by atoms with E-state index in [1.165, 1.54) is 6.07 Å². The Morgan fingerprint density at radius 2 is 1.96 bits per heavy atom. The van der Waals surface area contributed by atoms with Crippen molar-refractivity contribution in [3.05, 3.63) is 35.6 Å². The fourth-order valence-corrected chi connectivity index (χ4v) is 4.07. The highest BCUT2D eigenvalue weighted by molar-refractivity contribution is 5.69. The van der Waals surface area contributed by atoms with Crippen LogP contribution < -0.4 is 5.32 Å². The number of halogens is 1. The Bertz CT molecular complexity index is 600. The zero-order valence-electron chi connectivity index (χ0n) is 15.4. The molecular weight excluding hydrogens is 319 g/mol. The number of nitrogens with zero attached hydrogens (tertiary/aromatic N) is 1. The minimum absolute atomic E-state index is 0.168. The standard InChI is InChI=1S/C20H29FN2O2/c1-20(2,3)25-19(24)23-17-7-8-18(23)13-16(12-17)22-10-9-14-5-4-6-15(21)11-14/h4-6,11,16-18,22H,7-10,12-13H2,1-3H3. The highest BCUT2D eigenvalue weighted by Crippen LogP contribution is 2.36. The van der Waals surface area contributed by atoms with Crippen molar-refractivity contribution < 1.29 is 13.9 Å². The summed E-state index contributed by atoms with van der Waals surface area (Å²) < 4.78 is 18.8. The number of hydrogen-bond donors (Lipinski definition) is 1. The maximum Gasteiger partial charge on any atom is 0.410 e. The minimum Gasteiger partial charge on any atom is -0.444 e. The monoisotopic (exact) mass is 348 g/mol. The van der Waals surface area contributed by atoms with Crippen LogP contribution in [0.25, 0.3) is 0 Å². The first kappa shape index (κ1) is 18.2. The maximum atomic E-state index is 13.2. The molecule has 1 N–H and O–H groups in total. The van der Waals surface area contributed by atoms with Crippen LogP contribution in [0, 0.1) is 5.82 Å². The number of nitrogens with one attached hydrogen (secondary N) is 1. The Morgan fingerprint density at radius 1 is 1.28 bits per heavy atom. The molecule has 2 heterocycles. The van der Waals surface area contributed by atoms with E-state index in [4.69, 9.17) is 4.74 Å². The van der Waals surface area contributed by atoms with Crippen LogP contribution in [0.5, 0.6) is 0 Å². The van der Waals surface area contributed by atoms with Crippen molar-refractivity contribution >= 4 is 6.09 Å². The van der Waals surface area contributed by atoms with Crippen molar-refractivity contribution in [3.63, 3.8) is 0 Å². The average molecular weight is 348 g/mol. The molecule has 0 aliphatic carbocycles. The van der Waals surface area contributed by atoms with Crippen LogP contribution in [0.4, 0.5) is 9.18 Å². The highest BCUT2D eigenvalue weighted by atomic mass is 19.1. The molecule has 2 saturated heterocycles. The molecule has 0 aromatic heterocycles. The van der Waals surface area contributed by atoms with Gasteiger partial charge in [-0.2, -0.15) is 0 Å². The molecule has 25 heavy (non-hydrogen) atoms. The number of rotatable bonds is 4. The molecule has 3 rings (SSSR count). The second-order valence-electron chi connectivity index (χ2n) is 8.27. The number of carbonyl (C=O) groups is 1. The first-order chi connectivity index (χ1) is 11.8. The van der Waals surface area contributed by atoms with Gasteiger partial charge in [0.05, 0.1) is 0 Å².